The second-order valence-corrected chi connectivity index (χ2v) is 4.35. The van der Waals surface area contributed by atoms with Crippen LogP contribution in [0.5, 0.6) is 0 Å². The summed E-state index contributed by atoms with van der Waals surface area (Å²) in [5.41, 5.74) is 4.58. The van der Waals surface area contributed by atoms with Gasteiger partial charge in [0.05, 0.1) is 12.0 Å². The van der Waals surface area contributed by atoms with Crippen LogP contribution in [0.1, 0.15) is 21.7 Å². The van der Waals surface area contributed by atoms with Gasteiger partial charge in [-0.2, -0.15) is 13.2 Å². The van der Waals surface area contributed by atoms with Gasteiger partial charge in [-0.3, -0.25) is 4.79 Å². The SMILES string of the molecule is Cn1ccnc1CC(=O)c1cc(C(F)(F)F)ccc1N. The molecule has 0 fully saturated rings. The van der Waals surface area contributed by atoms with Crippen molar-refractivity contribution in [3.8, 4) is 0 Å². The lowest BCUT2D eigenvalue weighted by Gasteiger charge is -2.10. The van der Waals surface area contributed by atoms with Gasteiger partial charge in [0, 0.05) is 30.7 Å². The maximum absolute atomic E-state index is 12.6. The van der Waals surface area contributed by atoms with E-state index in [0.29, 0.717) is 5.82 Å². The van der Waals surface area contributed by atoms with Crippen LogP contribution in [0.2, 0.25) is 0 Å². The fourth-order valence-electron chi connectivity index (χ4n) is 1.78. The van der Waals surface area contributed by atoms with Crippen LogP contribution in [0, 0.1) is 0 Å². The monoisotopic (exact) mass is 283 g/mol. The van der Waals surface area contributed by atoms with Gasteiger partial charge in [-0.05, 0) is 18.2 Å². The van der Waals surface area contributed by atoms with E-state index >= 15 is 0 Å². The highest BCUT2D eigenvalue weighted by Crippen LogP contribution is 2.31. The minimum atomic E-state index is -4.51. The van der Waals surface area contributed by atoms with Crippen molar-refractivity contribution in [1.82, 2.24) is 9.55 Å². The van der Waals surface area contributed by atoms with Crippen LogP contribution in [-0.4, -0.2) is 15.3 Å². The summed E-state index contributed by atoms with van der Waals surface area (Å²) in [6, 6.07) is 2.72. The topological polar surface area (TPSA) is 60.9 Å². The molecule has 0 bridgehead atoms. The van der Waals surface area contributed by atoms with Crippen molar-refractivity contribution in [3.05, 3.63) is 47.5 Å². The average molecular weight is 283 g/mol. The second-order valence-electron chi connectivity index (χ2n) is 4.35. The van der Waals surface area contributed by atoms with Crippen molar-refractivity contribution < 1.29 is 18.0 Å². The number of nitrogens with zero attached hydrogens (tertiary/aromatic N) is 2. The van der Waals surface area contributed by atoms with Crippen LogP contribution < -0.4 is 5.73 Å². The highest BCUT2D eigenvalue weighted by Gasteiger charge is 2.31. The molecule has 2 rings (SSSR count). The number of rotatable bonds is 3. The Kier molecular flexibility index (Phi) is 3.52. The summed E-state index contributed by atoms with van der Waals surface area (Å²) in [5.74, 6) is -0.0327. The van der Waals surface area contributed by atoms with Crippen molar-refractivity contribution in [3.63, 3.8) is 0 Å². The van der Waals surface area contributed by atoms with Crippen molar-refractivity contribution in [2.24, 2.45) is 7.05 Å². The van der Waals surface area contributed by atoms with Gasteiger partial charge in [-0.25, -0.2) is 4.98 Å². The lowest BCUT2D eigenvalue weighted by Crippen LogP contribution is -2.13. The second kappa shape index (κ2) is 4.99. The number of hydrogen-bond donors (Lipinski definition) is 1. The summed E-state index contributed by atoms with van der Waals surface area (Å²) >= 11 is 0. The molecule has 0 saturated carbocycles. The van der Waals surface area contributed by atoms with Gasteiger partial charge in [-0.1, -0.05) is 0 Å². The van der Waals surface area contributed by atoms with Gasteiger partial charge in [0.25, 0.3) is 0 Å². The molecule has 4 nitrogen and oxygen atoms in total. The number of hydrogen-bond acceptors (Lipinski definition) is 3. The van der Waals surface area contributed by atoms with Crippen LogP contribution in [0.4, 0.5) is 18.9 Å². The van der Waals surface area contributed by atoms with Crippen molar-refractivity contribution in [1.29, 1.82) is 0 Å². The Morgan fingerprint density at radius 3 is 2.65 bits per heavy atom. The van der Waals surface area contributed by atoms with Gasteiger partial charge in [0.2, 0.25) is 0 Å². The first-order valence-corrected chi connectivity index (χ1v) is 5.75. The highest BCUT2D eigenvalue weighted by molar-refractivity contribution is 6.01. The molecule has 0 radical (unpaired) electrons. The number of halogens is 3. The van der Waals surface area contributed by atoms with E-state index in [4.69, 9.17) is 5.73 Å². The molecule has 0 aliphatic heterocycles. The quantitative estimate of drug-likeness (QED) is 0.695. The predicted octanol–water partition coefficient (Wildman–Crippen LogP) is 2.45. The third-order valence-electron chi connectivity index (χ3n) is 2.92. The molecule has 0 spiro atoms. The molecule has 0 atom stereocenters. The molecule has 2 aromatic rings. The van der Waals surface area contributed by atoms with E-state index in [1.807, 2.05) is 0 Å². The van der Waals surface area contributed by atoms with Crippen molar-refractivity contribution in [2.75, 3.05) is 5.73 Å². The summed E-state index contributed by atoms with van der Waals surface area (Å²) in [7, 11) is 1.70. The molecule has 7 heteroatoms. The predicted molar refractivity (Wildman–Crippen MR) is 67.1 cm³/mol. The largest absolute Gasteiger partial charge is 0.416 e. The van der Waals surface area contributed by atoms with Crippen LogP contribution in [0.15, 0.2) is 30.6 Å². The summed E-state index contributed by atoms with van der Waals surface area (Å²) in [4.78, 5) is 16.0. The van der Waals surface area contributed by atoms with Crippen molar-refractivity contribution >= 4 is 11.5 Å². The Morgan fingerprint density at radius 1 is 1.40 bits per heavy atom. The highest BCUT2D eigenvalue weighted by atomic mass is 19.4. The molecule has 0 aliphatic carbocycles. The van der Waals surface area contributed by atoms with E-state index in [-0.39, 0.29) is 17.7 Å². The molecule has 0 amide bonds. The number of nitrogen functional groups attached to an aromatic ring is 1. The Balaban J connectivity index is 2.32. The number of imidazole rings is 1. The Hall–Kier alpha value is -2.31. The summed E-state index contributed by atoms with van der Waals surface area (Å²) in [6.07, 6.45) is -1.45. The van der Waals surface area contributed by atoms with E-state index < -0.39 is 17.5 Å². The summed E-state index contributed by atoms with van der Waals surface area (Å²) in [6.45, 7) is 0. The molecule has 1 aromatic heterocycles. The first kappa shape index (κ1) is 14.1. The van der Waals surface area contributed by atoms with E-state index in [2.05, 4.69) is 4.98 Å². The fourth-order valence-corrected chi connectivity index (χ4v) is 1.78. The summed E-state index contributed by atoms with van der Waals surface area (Å²) < 4.78 is 39.5. The lowest BCUT2D eigenvalue weighted by molar-refractivity contribution is -0.137. The molecule has 1 heterocycles. The fraction of sp³-hybridized carbons (Fsp3) is 0.231. The number of anilines is 1. The normalized spacial score (nSPS) is 11.6. The van der Waals surface area contributed by atoms with Gasteiger partial charge in [0.1, 0.15) is 5.82 Å². The number of carbonyl (C=O) groups is 1. The number of aryl methyl sites for hydroxylation is 1. The number of aromatic nitrogens is 2. The molecule has 0 unspecified atom stereocenters. The molecule has 20 heavy (non-hydrogen) atoms. The van der Waals surface area contributed by atoms with E-state index in [1.54, 1.807) is 17.8 Å². The third kappa shape index (κ3) is 2.81. The number of nitrogens with two attached hydrogens (primary N) is 1. The standard InChI is InChI=1S/C13H12F3N3O/c1-19-5-4-18-12(19)7-11(20)9-6-8(13(14,15)16)2-3-10(9)17/h2-6H,7,17H2,1H3. The molecular formula is C13H12F3N3O. The number of alkyl halides is 3. The van der Waals surface area contributed by atoms with Gasteiger partial charge < -0.3 is 10.3 Å². The molecule has 0 aliphatic rings. The maximum Gasteiger partial charge on any atom is 0.416 e. The molecule has 106 valence electrons. The average Bonchev–Trinajstić information content (AvgIpc) is 2.74. The zero-order valence-corrected chi connectivity index (χ0v) is 10.6. The number of Topliss-reactive ketones (excluding diaryl/α,β-unsaturated/α-hetero) is 1. The minimum absolute atomic E-state index is 0.0252. The van der Waals surface area contributed by atoms with Crippen LogP contribution in [0.25, 0.3) is 0 Å². The number of carbonyl (C=O) groups excluding carboxylic acids is 1. The maximum atomic E-state index is 12.6. The summed E-state index contributed by atoms with van der Waals surface area (Å²) in [5, 5.41) is 0. The third-order valence-corrected chi connectivity index (χ3v) is 2.92. The van der Waals surface area contributed by atoms with E-state index in [9.17, 15) is 18.0 Å². The van der Waals surface area contributed by atoms with Crippen LogP contribution in [0.3, 0.4) is 0 Å². The molecule has 1 aromatic carbocycles. The van der Waals surface area contributed by atoms with Gasteiger partial charge in [-0.15, -0.1) is 0 Å². The van der Waals surface area contributed by atoms with Crippen LogP contribution >= 0.6 is 0 Å². The molecule has 0 saturated heterocycles. The van der Waals surface area contributed by atoms with Gasteiger partial charge >= 0.3 is 6.18 Å². The first-order chi connectivity index (χ1) is 9.29. The van der Waals surface area contributed by atoms with E-state index in [1.165, 1.54) is 6.20 Å². The van der Waals surface area contributed by atoms with Gasteiger partial charge in [0.15, 0.2) is 5.78 Å². The smallest absolute Gasteiger partial charge is 0.398 e. The Labute approximate surface area is 113 Å². The molecule has 2 N–H and O–H groups in total. The molecular weight excluding hydrogens is 271 g/mol. The minimum Gasteiger partial charge on any atom is -0.398 e. The number of ketones is 1. The van der Waals surface area contributed by atoms with Crippen molar-refractivity contribution in [2.45, 2.75) is 12.6 Å². The first-order valence-electron chi connectivity index (χ1n) is 5.75. The zero-order valence-electron chi connectivity index (χ0n) is 10.6. The lowest BCUT2D eigenvalue weighted by atomic mass is 10.0. The Morgan fingerprint density at radius 2 is 2.10 bits per heavy atom. The van der Waals surface area contributed by atoms with E-state index in [0.717, 1.165) is 18.2 Å². The number of benzene rings is 1. The Bertz CT molecular complexity index is 647. The van der Waals surface area contributed by atoms with Crippen LogP contribution in [-0.2, 0) is 19.6 Å². The zero-order chi connectivity index (χ0) is 14.9.